The van der Waals surface area contributed by atoms with Crippen LogP contribution in [0.25, 0.3) is 0 Å². The van der Waals surface area contributed by atoms with Gasteiger partial charge in [-0.25, -0.2) is 4.98 Å². The topological polar surface area (TPSA) is 49.3 Å². The fourth-order valence-electron chi connectivity index (χ4n) is 3.25. The minimum Gasteiger partial charge on any atom is -0.357 e. The zero-order chi connectivity index (χ0) is 17.4. The molecular formula is C18H32N4S2. The number of thioether (sulfide) groups is 1. The molecule has 0 aromatic carbocycles. The van der Waals surface area contributed by atoms with Crippen molar-refractivity contribution in [3.63, 3.8) is 0 Å². The van der Waals surface area contributed by atoms with Gasteiger partial charge in [-0.3, -0.25) is 4.99 Å². The molecule has 4 nitrogen and oxygen atoms in total. The second-order valence-electron chi connectivity index (χ2n) is 6.34. The highest BCUT2D eigenvalue weighted by atomic mass is 32.2. The van der Waals surface area contributed by atoms with Crippen LogP contribution in [0.2, 0.25) is 0 Å². The van der Waals surface area contributed by atoms with Gasteiger partial charge in [0, 0.05) is 35.7 Å². The fourth-order valence-corrected chi connectivity index (χ4v) is 5.35. The van der Waals surface area contributed by atoms with Crippen molar-refractivity contribution in [3.8, 4) is 0 Å². The van der Waals surface area contributed by atoms with Crippen molar-refractivity contribution < 1.29 is 0 Å². The van der Waals surface area contributed by atoms with E-state index in [2.05, 4.69) is 55.1 Å². The van der Waals surface area contributed by atoms with Gasteiger partial charge in [0.2, 0.25) is 0 Å². The SMILES string of the molecule is CCNC(=NCCc1sc(C)nc1C)NC1CCCC(SCC)C1. The average molecular weight is 369 g/mol. The van der Waals surface area contributed by atoms with E-state index in [0.717, 1.165) is 41.4 Å². The van der Waals surface area contributed by atoms with Crippen LogP contribution in [-0.2, 0) is 6.42 Å². The smallest absolute Gasteiger partial charge is 0.191 e. The lowest BCUT2D eigenvalue weighted by Crippen LogP contribution is -2.45. The van der Waals surface area contributed by atoms with E-state index in [1.807, 2.05) is 0 Å². The number of hydrogen-bond donors (Lipinski definition) is 2. The Labute approximate surface area is 155 Å². The number of nitrogens with one attached hydrogen (secondary N) is 2. The largest absolute Gasteiger partial charge is 0.357 e. The highest BCUT2D eigenvalue weighted by molar-refractivity contribution is 7.99. The van der Waals surface area contributed by atoms with Gasteiger partial charge >= 0.3 is 0 Å². The lowest BCUT2D eigenvalue weighted by Gasteiger charge is -2.30. The van der Waals surface area contributed by atoms with Crippen LogP contribution in [0.3, 0.4) is 0 Å². The molecule has 2 atom stereocenters. The Kier molecular flexibility index (Phi) is 8.39. The van der Waals surface area contributed by atoms with E-state index >= 15 is 0 Å². The zero-order valence-corrected chi connectivity index (χ0v) is 17.2. The highest BCUT2D eigenvalue weighted by Gasteiger charge is 2.22. The third-order valence-electron chi connectivity index (χ3n) is 4.32. The summed E-state index contributed by atoms with van der Waals surface area (Å²) < 4.78 is 0. The number of aryl methyl sites for hydroxylation is 2. The summed E-state index contributed by atoms with van der Waals surface area (Å²) in [7, 11) is 0. The van der Waals surface area contributed by atoms with Crippen molar-refractivity contribution in [2.45, 2.75) is 71.1 Å². The van der Waals surface area contributed by atoms with Crippen molar-refractivity contribution in [1.82, 2.24) is 15.6 Å². The van der Waals surface area contributed by atoms with Crippen molar-refractivity contribution >= 4 is 29.1 Å². The molecular weight excluding hydrogens is 336 g/mol. The van der Waals surface area contributed by atoms with Crippen molar-refractivity contribution in [3.05, 3.63) is 15.6 Å². The molecule has 1 fully saturated rings. The van der Waals surface area contributed by atoms with Crippen molar-refractivity contribution in [1.29, 1.82) is 0 Å². The Balaban J connectivity index is 1.87. The molecule has 0 amide bonds. The van der Waals surface area contributed by atoms with E-state index in [1.54, 1.807) is 11.3 Å². The van der Waals surface area contributed by atoms with Gasteiger partial charge < -0.3 is 10.6 Å². The molecule has 1 saturated carbocycles. The number of hydrogen-bond acceptors (Lipinski definition) is 4. The predicted molar refractivity (Wildman–Crippen MR) is 109 cm³/mol. The molecule has 136 valence electrons. The summed E-state index contributed by atoms with van der Waals surface area (Å²) in [4.78, 5) is 10.7. The second kappa shape index (κ2) is 10.3. The van der Waals surface area contributed by atoms with Crippen LogP contribution in [0.5, 0.6) is 0 Å². The molecule has 1 heterocycles. The maximum absolute atomic E-state index is 4.79. The molecule has 0 spiro atoms. The first-order valence-corrected chi connectivity index (χ1v) is 11.1. The first kappa shape index (κ1) is 19.6. The molecule has 2 N–H and O–H groups in total. The van der Waals surface area contributed by atoms with Gasteiger partial charge in [0.25, 0.3) is 0 Å². The number of rotatable bonds is 7. The zero-order valence-electron chi connectivity index (χ0n) is 15.5. The van der Waals surface area contributed by atoms with Crippen LogP contribution in [-0.4, -0.2) is 41.1 Å². The van der Waals surface area contributed by atoms with E-state index in [4.69, 9.17) is 4.99 Å². The highest BCUT2D eigenvalue weighted by Crippen LogP contribution is 2.28. The molecule has 1 aromatic heterocycles. The van der Waals surface area contributed by atoms with E-state index in [1.165, 1.54) is 36.3 Å². The van der Waals surface area contributed by atoms with Gasteiger partial charge in [-0.2, -0.15) is 11.8 Å². The first-order valence-electron chi connectivity index (χ1n) is 9.21. The molecule has 0 radical (unpaired) electrons. The molecule has 1 aromatic rings. The Morgan fingerprint density at radius 1 is 1.33 bits per heavy atom. The van der Waals surface area contributed by atoms with Gasteiger partial charge in [-0.1, -0.05) is 13.3 Å². The lowest BCUT2D eigenvalue weighted by atomic mass is 9.95. The number of nitrogens with zero attached hydrogens (tertiary/aromatic N) is 2. The van der Waals surface area contributed by atoms with Crippen molar-refractivity contribution in [2.24, 2.45) is 4.99 Å². The Morgan fingerprint density at radius 3 is 2.83 bits per heavy atom. The van der Waals surface area contributed by atoms with Crippen LogP contribution >= 0.6 is 23.1 Å². The van der Waals surface area contributed by atoms with Crippen LogP contribution in [0.4, 0.5) is 0 Å². The summed E-state index contributed by atoms with van der Waals surface area (Å²) in [5, 5.41) is 9.03. The Bertz CT molecular complexity index is 525. The maximum Gasteiger partial charge on any atom is 0.191 e. The maximum atomic E-state index is 4.79. The quantitative estimate of drug-likeness (QED) is 0.566. The molecule has 0 bridgehead atoms. The van der Waals surface area contributed by atoms with E-state index in [-0.39, 0.29) is 0 Å². The summed E-state index contributed by atoms with van der Waals surface area (Å²) in [6.07, 6.45) is 6.20. The molecule has 0 aliphatic heterocycles. The minimum atomic E-state index is 0.563. The first-order chi connectivity index (χ1) is 11.6. The second-order valence-corrected chi connectivity index (χ2v) is 9.20. The van der Waals surface area contributed by atoms with Gasteiger partial charge in [-0.05, 0) is 45.8 Å². The average Bonchev–Trinajstić information content (AvgIpc) is 2.86. The Hall–Kier alpha value is -0.750. The minimum absolute atomic E-state index is 0.563. The summed E-state index contributed by atoms with van der Waals surface area (Å²) in [5.41, 5.74) is 1.16. The molecule has 1 aliphatic carbocycles. The summed E-state index contributed by atoms with van der Waals surface area (Å²) >= 11 is 3.91. The third-order valence-corrected chi connectivity index (χ3v) is 6.69. The van der Waals surface area contributed by atoms with Gasteiger partial charge in [-0.15, -0.1) is 11.3 Å². The molecule has 0 saturated heterocycles. The monoisotopic (exact) mass is 368 g/mol. The van der Waals surface area contributed by atoms with Crippen LogP contribution in [0.1, 0.15) is 55.1 Å². The van der Waals surface area contributed by atoms with E-state index < -0.39 is 0 Å². The Morgan fingerprint density at radius 2 is 2.17 bits per heavy atom. The van der Waals surface area contributed by atoms with Crippen LogP contribution in [0.15, 0.2) is 4.99 Å². The van der Waals surface area contributed by atoms with Gasteiger partial charge in [0.05, 0.1) is 10.7 Å². The number of guanidine groups is 1. The number of thiazole rings is 1. The predicted octanol–water partition coefficient (Wildman–Crippen LogP) is 3.92. The normalized spacial score (nSPS) is 21.8. The molecule has 1 aliphatic rings. The molecule has 2 unspecified atom stereocenters. The summed E-state index contributed by atoms with van der Waals surface area (Å²) in [5.74, 6) is 2.20. The summed E-state index contributed by atoms with van der Waals surface area (Å²) in [6.45, 7) is 10.3. The van der Waals surface area contributed by atoms with Gasteiger partial charge in [0.1, 0.15) is 0 Å². The van der Waals surface area contributed by atoms with Crippen LogP contribution < -0.4 is 10.6 Å². The lowest BCUT2D eigenvalue weighted by molar-refractivity contribution is 0.419. The van der Waals surface area contributed by atoms with E-state index in [0.29, 0.717) is 6.04 Å². The number of aliphatic imine (C=N–C) groups is 1. The van der Waals surface area contributed by atoms with Crippen LogP contribution in [0, 0.1) is 13.8 Å². The molecule has 6 heteroatoms. The van der Waals surface area contributed by atoms with E-state index in [9.17, 15) is 0 Å². The number of aromatic nitrogens is 1. The fraction of sp³-hybridized carbons (Fsp3) is 0.778. The summed E-state index contributed by atoms with van der Waals surface area (Å²) in [6, 6.07) is 0.563. The van der Waals surface area contributed by atoms with Crippen molar-refractivity contribution in [2.75, 3.05) is 18.8 Å². The van der Waals surface area contributed by atoms with Gasteiger partial charge in [0.15, 0.2) is 5.96 Å². The molecule has 24 heavy (non-hydrogen) atoms. The third kappa shape index (κ3) is 6.28. The standard InChI is InChI=1S/C18H32N4S2/c1-5-19-18(20-11-10-17-13(3)21-14(4)24-17)22-15-8-7-9-16(12-15)23-6-2/h15-16H,5-12H2,1-4H3,(H2,19,20,22). The molecule has 2 rings (SSSR count).